The van der Waals surface area contributed by atoms with Crippen molar-refractivity contribution >= 4 is 22.6 Å². The van der Waals surface area contributed by atoms with Crippen LogP contribution in [0.25, 0.3) is 0 Å². The molecule has 3 aliphatic rings. The Balaban J connectivity index is 1.61. The first kappa shape index (κ1) is 21.4. The van der Waals surface area contributed by atoms with E-state index in [1.807, 2.05) is 30.1 Å². The van der Waals surface area contributed by atoms with Gasteiger partial charge in [0.1, 0.15) is 17.5 Å². The minimum Gasteiger partial charge on any atom is -0.496 e. The lowest BCUT2D eigenvalue weighted by Gasteiger charge is -2.34. The molecule has 4 heterocycles. The third-order valence-electron chi connectivity index (χ3n) is 6.88. The number of aliphatic imine (C=N–C) groups is 1. The van der Waals surface area contributed by atoms with Gasteiger partial charge in [0.15, 0.2) is 5.17 Å². The van der Waals surface area contributed by atoms with Crippen molar-refractivity contribution in [3.8, 4) is 11.5 Å². The van der Waals surface area contributed by atoms with Gasteiger partial charge in [0.05, 0.1) is 31.6 Å². The number of aromatic nitrogens is 1. The maximum absolute atomic E-state index is 6.00. The average Bonchev–Trinajstić information content (AvgIpc) is 3.43. The fourth-order valence-corrected chi connectivity index (χ4v) is 6.54. The topological polar surface area (TPSA) is 50.2 Å². The zero-order valence-corrected chi connectivity index (χ0v) is 20.0. The van der Waals surface area contributed by atoms with Crippen molar-refractivity contribution in [1.29, 1.82) is 0 Å². The number of benzene rings is 1. The molecule has 3 aliphatic heterocycles. The fourth-order valence-electron chi connectivity index (χ4n) is 5.21. The fraction of sp³-hybridized carbons (Fsp3) is 0.520. The predicted octanol–water partition coefficient (Wildman–Crippen LogP) is 5.07. The second-order valence-electron chi connectivity index (χ2n) is 8.65. The number of hydrogen-bond acceptors (Lipinski definition) is 7. The number of fused-ring (bicyclic) bond motifs is 1. The molecule has 0 radical (unpaired) electrons. The lowest BCUT2D eigenvalue weighted by atomic mass is 9.93. The summed E-state index contributed by atoms with van der Waals surface area (Å²) in [7, 11) is 3.54. The largest absolute Gasteiger partial charge is 0.496 e. The summed E-state index contributed by atoms with van der Waals surface area (Å²) >= 11 is 1.86. The molecular weight excluding hydrogens is 420 g/mol. The van der Waals surface area contributed by atoms with Crippen molar-refractivity contribution < 1.29 is 9.47 Å². The Morgan fingerprint density at radius 2 is 1.88 bits per heavy atom. The molecule has 1 aromatic heterocycles. The molecule has 2 saturated heterocycles. The molecule has 2 fully saturated rings. The predicted molar refractivity (Wildman–Crippen MR) is 131 cm³/mol. The standard InChI is InChI=1S/C25H32N4O2S/c1-4-17-16-32-25-27-23(19-10-6-7-11-26-19)24(29(17)25)18-14-22(31-3)20(15-21(18)30-2)28-12-8-5-9-13-28/h6-7,10-11,14-15,17,23-24H,4-5,8-9,12-13,16H2,1-3H3/t17-,23-,24+/m1/s1. The molecule has 6 nitrogen and oxygen atoms in total. The van der Waals surface area contributed by atoms with Gasteiger partial charge in [-0.25, -0.2) is 0 Å². The van der Waals surface area contributed by atoms with Gasteiger partial charge in [-0.05, 0) is 43.9 Å². The highest BCUT2D eigenvalue weighted by Gasteiger charge is 2.46. The second kappa shape index (κ2) is 9.22. The van der Waals surface area contributed by atoms with Crippen LogP contribution in [-0.4, -0.2) is 54.2 Å². The third-order valence-corrected chi connectivity index (χ3v) is 8.00. The molecule has 0 bridgehead atoms. The third kappa shape index (κ3) is 3.70. The van der Waals surface area contributed by atoms with Crippen molar-refractivity contribution in [2.75, 3.05) is 38.0 Å². The summed E-state index contributed by atoms with van der Waals surface area (Å²) in [5.41, 5.74) is 3.25. The van der Waals surface area contributed by atoms with E-state index in [1.54, 1.807) is 14.2 Å². The van der Waals surface area contributed by atoms with Gasteiger partial charge in [0, 0.05) is 42.7 Å². The number of thioether (sulfide) groups is 1. The number of pyridine rings is 1. The summed E-state index contributed by atoms with van der Waals surface area (Å²) in [5.74, 6) is 2.89. The highest BCUT2D eigenvalue weighted by Crippen LogP contribution is 2.52. The molecule has 0 spiro atoms. The molecule has 5 rings (SSSR count). The van der Waals surface area contributed by atoms with Gasteiger partial charge in [0.2, 0.25) is 0 Å². The Morgan fingerprint density at radius 3 is 2.56 bits per heavy atom. The van der Waals surface area contributed by atoms with Crippen LogP contribution in [0.3, 0.4) is 0 Å². The number of anilines is 1. The van der Waals surface area contributed by atoms with Crippen molar-refractivity contribution in [3.05, 3.63) is 47.8 Å². The van der Waals surface area contributed by atoms with Crippen LogP contribution in [0.1, 0.15) is 55.9 Å². The van der Waals surface area contributed by atoms with E-state index in [0.29, 0.717) is 6.04 Å². The van der Waals surface area contributed by atoms with Gasteiger partial charge >= 0.3 is 0 Å². The van der Waals surface area contributed by atoms with Gasteiger partial charge in [-0.3, -0.25) is 9.98 Å². The Morgan fingerprint density at radius 1 is 1.06 bits per heavy atom. The van der Waals surface area contributed by atoms with Gasteiger partial charge in [-0.1, -0.05) is 24.8 Å². The van der Waals surface area contributed by atoms with Crippen LogP contribution in [0, 0.1) is 0 Å². The number of piperidine rings is 1. The van der Waals surface area contributed by atoms with Crippen LogP contribution in [0.2, 0.25) is 0 Å². The average molecular weight is 453 g/mol. The number of ether oxygens (including phenoxy) is 2. The van der Waals surface area contributed by atoms with Crippen LogP contribution in [0.5, 0.6) is 11.5 Å². The Labute approximate surface area is 195 Å². The zero-order valence-electron chi connectivity index (χ0n) is 19.2. The van der Waals surface area contributed by atoms with Gasteiger partial charge in [-0.2, -0.15) is 0 Å². The molecule has 3 atom stereocenters. The molecule has 0 saturated carbocycles. The summed E-state index contributed by atoms with van der Waals surface area (Å²) in [6, 6.07) is 10.9. The Bertz CT molecular complexity index is 977. The summed E-state index contributed by atoms with van der Waals surface area (Å²) in [5, 5.41) is 1.12. The molecule has 7 heteroatoms. The Hall–Kier alpha value is -2.41. The first-order valence-electron chi connectivity index (χ1n) is 11.7. The van der Waals surface area contributed by atoms with E-state index in [4.69, 9.17) is 14.5 Å². The molecule has 0 N–H and O–H groups in total. The van der Waals surface area contributed by atoms with E-state index in [9.17, 15) is 0 Å². The molecule has 1 aromatic carbocycles. The number of hydrogen-bond donors (Lipinski definition) is 0. The van der Waals surface area contributed by atoms with E-state index in [2.05, 4.69) is 39.9 Å². The van der Waals surface area contributed by atoms with Crippen LogP contribution in [-0.2, 0) is 0 Å². The molecule has 2 aromatic rings. The lowest BCUT2D eigenvalue weighted by molar-refractivity contribution is 0.248. The molecule has 32 heavy (non-hydrogen) atoms. The number of nitrogens with zero attached hydrogens (tertiary/aromatic N) is 4. The summed E-state index contributed by atoms with van der Waals surface area (Å²) in [6.07, 6.45) is 6.68. The van der Waals surface area contributed by atoms with Gasteiger partial charge in [0.25, 0.3) is 0 Å². The lowest BCUT2D eigenvalue weighted by Crippen LogP contribution is -2.35. The Kier molecular flexibility index (Phi) is 6.17. The minimum atomic E-state index is -0.0625. The summed E-state index contributed by atoms with van der Waals surface area (Å²) in [6.45, 7) is 4.39. The van der Waals surface area contributed by atoms with Gasteiger partial charge in [-0.15, -0.1) is 0 Å². The number of rotatable bonds is 6. The summed E-state index contributed by atoms with van der Waals surface area (Å²) in [4.78, 5) is 14.8. The van der Waals surface area contributed by atoms with Crippen LogP contribution < -0.4 is 14.4 Å². The first-order valence-corrected chi connectivity index (χ1v) is 12.6. The first-order chi connectivity index (χ1) is 15.7. The number of methoxy groups -OCH3 is 2. The molecule has 0 amide bonds. The van der Waals surface area contributed by atoms with E-state index in [0.717, 1.165) is 58.9 Å². The molecule has 170 valence electrons. The van der Waals surface area contributed by atoms with E-state index < -0.39 is 0 Å². The van der Waals surface area contributed by atoms with Crippen molar-refractivity contribution in [2.24, 2.45) is 4.99 Å². The molecule has 0 unspecified atom stereocenters. The maximum Gasteiger partial charge on any atom is 0.160 e. The van der Waals surface area contributed by atoms with E-state index in [1.165, 1.54) is 19.3 Å². The van der Waals surface area contributed by atoms with Gasteiger partial charge < -0.3 is 19.3 Å². The highest BCUT2D eigenvalue weighted by molar-refractivity contribution is 8.14. The van der Waals surface area contributed by atoms with E-state index in [-0.39, 0.29) is 12.1 Å². The zero-order chi connectivity index (χ0) is 22.1. The normalized spacial score (nSPS) is 25.0. The summed E-state index contributed by atoms with van der Waals surface area (Å²) < 4.78 is 11.9. The van der Waals surface area contributed by atoms with Crippen LogP contribution in [0.15, 0.2) is 41.5 Å². The van der Waals surface area contributed by atoms with Crippen molar-refractivity contribution in [2.45, 2.75) is 50.7 Å². The van der Waals surface area contributed by atoms with Crippen LogP contribution >= 0.6 is 11.8 Å². The monoisotopic (exact) mass is 452 g/mol. The highest BCUT2D eigenvalue weighted by atomic mass is 32.2. The van der Waals surface area contributed by atoms with Crippen molar-refractivity contribution in [1.82, 2.24) is 9.88 Å². The number of amidine groups is 1. The quantitative estimate of drug-likeness (QED) is 0.610. The SMILES string of the molecule is CC[C@@H]1CSC2=N[C@H](c3ccccn3)[C@H](c3cc(OC)c(N4CCCCC4)cc3OC)N21. The van der Waals surface area contributed by atoms with Crippen LogP contribution in [0.4, 0.5) is 5.69 Å². The van der Waals surface area contributed by atoms with E-state index >= 15 is 0 Å². The smallest absolute Gasteiger partial charge is 0.160 e. The molecular formula is C25H32N4O2S. The minimum absolute atomic E-state index is 0.0408. The maximum atomic E-state index is 6.00. The van der Waals surface area contributed by atoms with Crippen molar-refractivity contribution in [3.63, 3.8) is 0 Å². The second-order valence-corrected chi connectivity index (χ2v) is 9.64. The molecule has 0 aliphatic carbocycles.